The Balaban J connectivity index is 1.71. The summed E-state index contributed by atoms with van der Waals surface area (Å²) in [5.41, 5.74) is 1.20. The van der Waals surface area contributed by atoms with Gasteiger partial charge in [0, 0.05) is 36.7 Å². The number of halogens is 1. The molecule has 4 nitrogen and oxygen atoms in total. The van der Waals surface area contributed by atoms with E-state index < -0.39 is 0 Å². The molecule has 2 aliphatic heterocycles. The van der Waals surface area contributed by atoms with Gasteiger partial charge in [0.05, 0.1) is 5.92 Å². The van der Waals surface area contributed by atoms with Gasteiger partial charge in [-0.3, -0.25) is 4.79 Å². The van der Waals surface area contributed by atoms with Crippen molar-refractivity contribution in [1.29, 1.82) is 0 Å². The Bertz CT molecular complexity index is 506. The number of carbonyl (C=O) groups excluding carboxylic acids is 1. The Kier molecular flexibility index (Phi) is 5.01. The van der Waals surface area contributed by atoms with Crippen LogP contribution in [0, 0.1) is 5.92 Å². The van der Waals surface area contributed by atoms with Gasteiger partial charge < -0.3 is 15.4 Å². The number of benzene rings is 1. The van der Waals surface area contributed by atoms with Gasteiger partial charge in [-0.2, -0.15) is 0 Å². The number of hydrogen-bond donors (Lipinski definition) is 2. The number of rotatable bonds is 4. The van der Waals surface area contributed by atoms with Crippen molar-refractivity contribution in [3.63, 3.8) is 0 Å². The van der Waals surface area contributed by atoms with Crippen molar-refractivity contribution in [3.05, 3.63) is 34.9 Å². The third kappa shape index (κ3) is 3.45. The maximum absolute atomic E-state index is 12.3. The van der Waals surface area contributed by atoms with E-state index in [9.17, 15) is 4.79 Å². The molecule has 1 unspecified atom stereocenters. The molecule has 2 N–H and O–H groups in total. The first kappa shape index (κ1) is 15.8. The predicted molar refractivity (Wildman–Crippen MR) is 87.2 cm³/mol. The van der Waals surface area contributed by atoms with Gasteiger partial charge in [0.2, 0.25) is 5.91 Å². The number of carbonyl (C=O) groups is 1. The summed E-state index contributed by atoms with van der Waals surface area (Å²) in [6.07, 6.45) is 2.79. The van der Waals surface area contributed by atoms with Crippen LogP contribution in [0.3, 0.4) is 0 Å². The van der Waals surface area contributed by atoms with Crippen molar-refractivity contribution < 1.29 is 9.53 Å². The average Bonchev–Trinajstić information content (AvgIpc) is 3.09. The standard InChI is InChI=1S/C17H23ClN2O2/c18-15-3-1-14(2-4-15)17(6-9-22-10-7-17)12-20-16(21)13-5-8-19-11-13/h1-4,13,19H,5-12H2,(H,20,21). The zero-order chi connectivity index (χ0) is 15.4. The molecule has 3 rings (SSSR count). The van der Waals surface area contributed by atoms with E-state index >= 15 is 0 Å². The van der Waals surface area contributed by atoms with Crippen molar-refractivity contribution in [2.24, 2.45) is 5.92 Å². The highest BCUT2D eigenvalue weighted by Crippen LogP contribution is 2.35. The maximum atomic E-state index is 12.3. The van der Waals surface area contributed by atoms with E-state index in [2.05, 4.69) is 22.8 Å². The van der Waals surface area contributed by atoms with E-state index in [1.807, 2.05) is 12.1 Å². The fraction of sp³-hybridized carbons (Fsp3) is 0.588. The molecule has 0 saturated carbocycles. The minimum absolute atomic E-state index is 0.0372. The second-order valence-electron chi connectivity index (χ2n) is 6.31. The summed E-state index contributed by atoms with van der Waals surface area (Å²) in [5.74, 6) is 0.284. The summed E-state index contributed by atoms with van der Waals surface area (Å²) >= 11 is 6.01. The van der Waals surface area contributed by atoms with Crippen LogP contribution in [-0.4, -0.2) is 38.8 Å². The molecule has 0 bridgehead atoms. The third-order valence-electron chi connectivity index (χ3n) is 4.94. The van der Waals surface area contributed by atoms with Crippen LogP contribution in [0.15, 0.2) is 24.3 Å². The lowest BCUT2D eigenvalue weighted by Gasteiger charge is -2.38. The van der Waals surface area contributed by atoms with Crippen molar-refractivity contribution in [1.82, 2.24) is 10.6 Å². The van der Waals surface area contributed by atoms with Gasteiger partial charge in [0.25, 0.3) is 0 Å². The van der Waals surface area contributed by atoms with Crippen LogP contribution in [0.2, 0.25) is 5.02 Å². The highest BCUT2D eigenvalue weighted by atomic mass is 35.5. The zero-order valence-corrected chi connectivity index (χ0v) is 13.5. The smallest absolute Gasteiger partial charge is 0.224 e. The normalized spacial score (nSPS) is 24.1. The van der Waals surface area contributed by atoms with Crippen molar-refractivity contribution in [2.75, 3.05) is 32.8 Å². The molecular weight excluding hydrogens is 300 g/mol. The van der Waals surface area contributed by atoms with Gasteiger partial charge in [-0.1, -0.05) is 23.7 Å². The molecule has 0 spiro atoms. The second-order valence-corrected chi connectivity index (χ2v) is 6.74. The molecule has 22 heavy (non-hydrogen) atoms. The zero-order valence-electron chi connectivity index (χ0n) is 12.7. The number of amides is 1. The van der Waals surface area contributed by atoms with Crippen molar-refractivity contribution in [2.45, 2.75) is 24.7 Å². The molecule has 0 radical (unpaired) electrons. The summed E-state index contributed by atoms with van der Waals surface area (Å²) < 4.78 is 5.53. The third-order valence-corrected chi connectivity index (χ3v) is 5.19. The fourth-order valence-corrected chi connectivity index (χ4v) is 3.54. The van der Waals surface area contributed by atoms with E-state index in [-0.39, 0.29) is 17.2 Å². The number of nitrogens with one attached hydrogen (secondary N) is 2. The number of ether oxygens (including phenoxy) is 1. The molecule has 1 atom stereocenters. The van der Waals surface area contributed by atoms with Gasteiger partial charge in [0.1, 0.15) is 0 Å². The summed E-state index contributed by atoms with van der Waals surface area (Å²) in [4.78, 5) is 12.3. The lowest BCUT2D eigenvalue weighted by atomic mass is 9.74. The predicted octanol–water partition coefficient (Wildman–Crippen LogP) is 2.11. The minimum Gasteiger partial charge on any atom is -0.381 e. The first-order chi connectivity index (χ1) is 10.7. The van der Waals surface area contributed by atoms with Crippen molar-refractivity contribution >= 4 is 17.5 Å². The summed E-state index contributed by atoms with van der Waals surface area (Å²) in [7, 11) is 0. The Labute approximate surface area is 136 Å². The van der Waals surface area contributed by atoms with Crippen LogP contribution in [-0.2, 0) is 14.9 Å². The molecule has 1 amide bonds. The molecule has 0 aliphatic carbocycles. The first-order valence-electron chi connectivity index (χ1n) is 8.02. The van der Waals surface area contributed by atoms with Gasteiger partial charge in [-0.15, -0.1) is 0 Å². The van der Waals surface area contributed by atoms with Gasteiger partial charge in [0.15, 0.2) is 0 Å². The Hall–Kier alpha value is -1.10. The first-order valence-corrected chi connectivity index (χ1v) is 8.40. The van der Waals surface area contributed by atoms with Crippen LogP contribution < -0.4 is 10.6 Å². The maximum Gasteiger partial charge on any atom is 0.224 e. The van der Waals surface area contributed by atoms with Crippen LogP contribution in [0.4, 0.5) is 0 Å². The number of hydrogen-bond acceptors (Lipinski definition) is 3. The molecule has 2 aliphatic rings. The van der Waals surface area contributed by atoms with Crippen LogP contribution in [0.25, 0.3) is 0 Å². The van der Waals surface area contributed by atoms with E-state index in [0.717, 1.165) is 50.6 Å². The van der Waals surface area contributed by atoms with Gasteiger partial charge in [-0.05, 0) is 43.5 Å². The Morgan fingerprint density at radius 3 is 2.68 bits per heavy atom. The highest BCUT2D eigenvalue weighted by molar-refractivity contribution is 6.30. The van der Waals surface area contributed by atoms with Crippen molar-refractivity contribution in [3.8, 4) is 0 Å². The molecule has 2 fully saturated rings. The highest BCUT2D eigenvalue weighted by Gasteiger charge is 2.35. The molecule has 1 aromatic rings. The average molecular weight is 323 g/mol. The van der Waals surface area contributed by atoms with Gasteiger partial charge in [-0.25, -0.2) is 0 Å². The summed E-state index contributed by atoms with van der Waals surface area (Å²) in [6.45, 7) is 3.89. The Morgan fingerprint density at radius 2 is 2.05 bits per heavy atom. The van der Waals surface area contributed by atoms with E-state index in [1.54, 1.807) is 0 Å². The molecule has 2 heterocycles. The minimum atomic E-state index is -0.0372. The topological polar surface area (TPSA) is 50.4 Å². The molecule has 0 aromatic heterocycles. The van der Waals surface area contributed by atoms with Crippen LogP contribution in [0.5, 0.6) is 0 Å². The van der Waals surface area contributed by atoms with E-state index in [1.165, 1.54) is 5.56 Å². The molecule has 2 saturated heterocycles. The van der Waals surface area contributed by atoms with E-state index in [0.29, 0.717) is 6.54 Å². The molecule has 120 valence electrons. The molecule has 5 heteroatoms. The second kappa shape index (κ2) is 6.99. The summed E-state index contributed by atoms with van der Waals surface area (Å²) in [5, 5.41) is 7.17. The largest absolute Gasteiger partial charge is 0.381 e. The van der Waals surface area contributed by atoms with E-state index in [4.69, 9.17) is 16.3 Å². The van der Waals surface area contributed by atoms with Gasteiger partial charge >= 0.3 is 0 Å². The Morgan fingerprint density at radius 1 is 1.32 bits per heavy atom. The molecule has 1 aromatic carbocycles. The lowest BCUT2D eigenvalue weighted by molar-refractivity contribution is -0.124. The van der Waals surface area contributed by atoms with Crippen LogP contribution >= 0.6 is 11.6 Å². The summed E-state index contributed by atoms with van der Waals surface area (Å²) in [6, 6.07) is 8.02. The monoisotopic (exact) mass is 322 g/mol. The fourth-order valence-electron chi connectivity index (χ4n) is 3.41. The quantitative estimate of drug-likeness (QED) is 0.892. The van der Waals surface area contributed by atoms with Crippen LogP contribution in [0.1, 0.15) is 24.8 Å². The lowest BCUT2D eigenvalue weighted by Crippen LogP contribution is -2.46. The molecular formula is C17H23ClN2O2. The SMILES string of the molecule is O=C(NCC1(c2ccc(Cl)cc2)CCOCC1)C1CCNC1.